The molecule has 3 fully saturated rings. The zero-order valence-electron chi connectivity index (χ0n) is 12.4. The molecule has 6 heteroatoms. The molecule has 0 radical (unpaired) electrons. The summed E-state index contributed by atoms with van der Waals surface area (Å²) in [5.74, 6) is -1.06. The molecule has 0 amide bonds. The summed E-state index contributed by atoms with van der Waals surface area (Å²) in [4.78, 5) is 12.1. The highest BCUT2D eigenvalue weighted by Crippen LogP contribution is 2.42. The van der Waals surface area contributed by atoms with E-state index in [2.05, 4.69) is 0 Å². The predicted molar refractivity (Wildman–Crippen MR) is 74.1 cm³/mol. The van der Waals surface area contributed by atoms with Gasteiger partial charge in [-0.3, -0.25) is 0 Å². The Bertz CT molecular complexity index is 571. The number of carbonyl (C=O) groups is 1. The van der Waals surface area contributed by atoms with Crippen LogP contribution in [0, 0.1) is 0 Å². The third-order valence-corrected chi connectivity index (χ3v) is 4.11. The second kappa shape index (κ2) is 5.03. The van der Waals surface area contributed by atoms with Gasteiger partial charge < -0.3 is 23.7 Å². The largest absolute Gasteiger partial charge is 0.453 e. The van der Waals surface area contributed by atoms with Gasteiger partial charge in [-0.15, -0.1) is 0 Å². The first-order valence-corrected chi connectivity index (χ1v) is 7.42. The SMILES string of the molecule is CC1(C)O[C@H]2O[C@H]3[C@H](OC[C@H]3OC(=O)c3ccccc3)[C@H]2O1. The second-order valence-electron chi connectivity index (χ2n) is 6.18. The average molecular weight is 306 g/mol. The summed E-state index contributed by atoms with van der Waals surface area (Å²) >= 11 is 0. The van der Waals surface area contributed by atoms with E-state index in [0.29, 0.717) is 12.2 Å². The Kier molecular flexibility index (Phi) is 3.23. The number of esters is 1. The number of ether oxygens (including phenoxy) is 5. The fourth-order valence-electron chi connectivity index (χ4n) is 3.17. The second-order valence-corrected chi connectivity index (χ2v) is 6.18. The molecule has 0 aromatic heterocycles. The Morgan fingerprint density at radius 1 is 1.14 bits per heavy atom. The molecule has 118 valence electrons. The maximum Gasteiger partial charge on any atom is 0.338 e. The van der Waals surface area contributed by atoms with Crippen LogP contribution in [-0.4, -0.2) is 49.1 Å². The summed E-state index contributed by atoms with van der Waals surface area (Å²) in [5.41, 5.74) is 0.512. The van der Waals surface area contributed by atoms with Crippen molar-refractivity contribution in [1.82, 2.24) is 0 Å². The number of carbonyl (C=O) groups excluding carboxylic acids is 1. The lowest BCUT2D eigenvalue weighted by molar-refractivity contribution is -0.214. The van der Waals surface area contributed by atoms with E-state index in [4.69, 9.17) is 23.7 Å². The normalized spacial score (nSPS) is 38.5. The van der Waals surface area contributed by atoms with E-state index in [0.717, 1.165) is 0 Å². The number of benzene rings is 1. The number of hydrogen-bond acceptors (Lipinski definition) is 6. The van der Waals surface area contributed by atoms with Crippen molar-refractivity contribution in [1.29, 1.82) is 0 Å². The molecule has 6 nitrogen and oxygen atoms in total. The van der Waals surface area contributed by atoms with Gasteiger partial charge in [0.1, 0.15) is 18.3 Å². The van der Waals surface area contributed by atoms with Crippen molar-refractivity contribution in [3.05, 3.63) is 35.9 Å². The van der Waals surface area contributed by atoms with Crippen molar-refractivity contribution < 1.29 is 28.5 Å². The smallest absolute Gasteiger partial charge is 0.338 e. The first-order chi connectivity index (χ1) is 10.5. The molecule has 1 aromatic carbocycles. The quantitative estimate of drug-likeness (QED) is 0.771. The van der Waals surface area contributed by atoms with E-state index in [9.17, 15) is 4.79 Å². The van der Waals surface area contributed by atoms with Gasteiger partial charge in [0.25, 0.3) is 0 Å². The molecular weight excluding hydrogens is 288 g/mol. The molecule has 3 saturated heterocycles. The van der Waals surface area contributed by atoms with Crippen molar-refractivity contribution >= 4 is 5.97 Å². The number of fused-ring (bicyclic) bond motifs is 3. The first-order valence-electron chi connectivity index (χ1n) is 7.42. The van der Waals surface area contributed by atoms with Crippen molar-refractivity contribution in [3.63, 3.8) is 0 Å². The van der Waals surface area contributed by atoms with Crippen LogP contribution in [0.2, 0.25) is 0 Å². The Labute approximate surface area is 128 Å². The van der Waals surface area contributed by atoms with E-state index in [1.54, 1.807) is 24.3 Å². The standard InChI is InChI=1S/C16H18O6/c1-16(2)21-13-12-11(20-15(13)22-16)10(8-18-12)19-14(17)9-6-4-3-5-7-9/h3-7,10-13,15H,8H2,1-2H3/t10-,11-,12+,13-,15-/m1/s1. The van der Waals surface area contributed by atoms with Crippen LogP contribution in [-0.2, 0) is 23.7 Å². The maximum absolute atomic E-state index is 12.1. The van der Waals surface area contributed by atoms with Gasteiger partial charge in [-0.05, 0) is 26.0 Å². The van der Waals surface area contributed by atoms with E-state index < -0.39 is 18.2 Å². The van der Waals surface area contributed by atoms with Gasteiger partial charge in [-0.2, -0.15) is 0 Å². The lowest BCUT2D eigenvalue weighted by Crippen LogP contribution is -2.37. The molecule has 3 aliphatic heterocycles. The zero-order valence-corrected chi connectivity index (χ0v) is 12.4. The Morgan fingerprint density at radius 3 is 2.68 bits per heavy atom. The van der Waals surface area contributed by atoms with Gasteiger partial charge in [0.2, 0.25) is 0 Å². The summed E-state index contributed by atoms with van der Waals surface area (Å²) in [6.07, 6.45) is -1.80. The Balaban J connectivity index is 1.43. The summed E-state index contributed by atoms with van der Waals surface area (Å²) in [6.45, 7) is 3.98. The molecule has 0 aliphatic carbocycles. The summed E-state index contributed by atoms with van der Waals surface area (Å²) < 4.78 is 28.6. The summed E-state index contributed by atoms with van der Waals surface area (Å²) in [7, 11) is 0. The highest BCUT2D eigenvalue weighted by molar-refractivity contribution is 5.89. The van der Waals surface area contributed by atoms with Gasteiger partial charge in [0, 0.05) is 0 Å². The van der Waals surface area contributed by atoms with Crippen LogP contribution in [0.1, 0.15) is 24.2 Å². The van der Waals surface area contributed by atoms with E-state index >= 15 is 0 Å². The highest BCUT2D eigenvalue weighted by atomic mass is 16.8. The van der Waals surface area contributed by atoms with Gasteiger partial charge >= 0.3 is 5.97 Å². The van der Waals surface area contributed by atoms with Gasteiger partial charge in [-0.1, -0.05) is 18.2 Å². The maximum atomic E-state index is 12.1. The van der Waals surface area contributed by atoms with Crippen molar-refractivity contribution in [2.45, 2.75) is 50.3 Å². The predicted octanol–water partition coefficient (Wildman–Crippen LogP) is 1.49. The van der Waals surface area contributed by atoms with Crippen molar-refractivity contribution in [2.75, 3.05) is 6.61 Å². The van der Waals surface area contributed by atoms with Crippen LogP contribution >= 0.6 is 0 Å². The van der Waals surface area contributed by atoms with Gasteiger partial charge in [0.15, 0.2) is 18.2 Å². The molecule has 5 atom stereocenters. The van der Waals surface area contributed by atoms with Crippen LogP contribution < -0.4 is 0 Å². The summed E-state index contributed by atoms with van der Waals surface area (Å²) in [6, 6.07) is 8.88. The zero-order chi connectivity index (χ0) is 15.3. The van der Waals surface area contributed by atoms with Crippen LogP contribution in [0.5, 0.6) is 0 Å². The molecule has 4 rings (SSSR count). The Hall–Kier alpha value is -1.47. The molecule has 3 aliphatic rings. The van der Waals surface area contributed by atoms with E-state index in [1.807, 2.05) is 19.9 Å². The molecule has 3 heterocycles. The molecule has 0 saturated carbocycles. The van der Waals surface area contributed by atoms with Crippen molar-refractivity contribution in [2.24, 2.45) is 0 Å². The van der Waals surface area contributed by atoms with Crippen LogP contribution in [0.4, 0.5) is 0 Å². The fraction of sp³-hybridized carbons (Fsp3) is 0.562. The topological polar surface area (TPSA) is 63.2 Å². The average Bonchev–Trinajstić information content (AvgIpc) is 3.10. The number of rotatable bonds is 2. The van der Waals surface area contributed by atoms with Gasteiger partial charge in [0.05, 0.1) is 12.2 Å². The molecule has 0 bridgehead atoms. The van der Waals surface area contributed by atoms with Crippen LogP contribution in [0.15, 0.2) is 30.3 Å². The van der Waals surface area contributed by atoms with E-state index in [1.165, 1.54) is 0 Å². The molecule has 0 unspecified atom stereocenters. The minimum absolute atomic E-state index is 0.264. The van der Waals surface area contributed by atoms with Gasteiger partial charge in [-0.25, -0.2) is 4.79 Å². The number of hydrogen-bond donors (Lipinski definition) is 0. The van der Waals surface area contributed by atoms with E-state index in [-0.39, 0.29) is 24.3 Å². The highest BCUT2D eigenvalue weighted by Gasteiger charge is 2.60. The molecule has 22 heavy (non-hydrogen) atoms. The minimum Gasteiger partial charge on any atom is -0.453 e. The van der Waals surface area contributed by atoms with Crippen LogP contribution in [0.25, 0.3) is 0 Å². The lowest BCUT2D eigenvalue weighted by Gasteiger charge is -2.22. The fourth-order valence-corrected chi connectivity index (χ4v) is 3.17. The first kappa shape index (κ1) is 14.1. The summed E-state index contributed by atoms with van der Waals surface area (Å²) in [5, 5.41) is 0. The lowest BCUT2D eigenvalue weighted by atomic mass is 10.1. The molecule has 0 N–H and O–H groups in total. The third kappa shape index (κ3) is 2.32. The van der Waals surface area contributed by atoms with Crippen LogP contribution in [0.3, 0.4) is 0 Å². The Morgan fingerprint density at radius 2 is 1.91 bits per heavy atom. The molecular formula is C16H18O6. The third-order valence-electron chi connectivity index (χ3n) is 4.11. The minimum atomic E-state index is -0.678. The monoisotopic (exact) mass is 306 g/mol. The van der Waals surface area contributed by atoms with Crippen molar-refractivity contribution in [3.8, 4) is 0 Å². The molecule has 0 spiro atoms. The molecule has 1 aromatic rings.